The van der Waals surface area contributed by atoms with Crippen molar-refractivity contribution in [2.45, 2.75) is 26.7 Å². The number of aryl methyl sites for hydroxylation is 1. The average molecular weight is 446 g/mol. The van der Waals surface area contributed by atoms with Crippen molar-refractivity contribution in [3.8, 4) is 5.75 Å². The summed E-state index contributed by atoms with van der Waals surface area (Å²) in [5.41, 5.74) is 8.18. The lowest BCUT2D eigenvalue weighted by Gasteiger charge is -2.15. The van der Waals surface area contributed by atoms with Gasteiger partial charge < -0.3 is 10.1 Å². The molecule has 0 bridgehead atoms. The first kappa shape index (κ1) is 23.5. The summed E-state index contributed by atoms with van der Waals surface area (Å²) in [4.78, 5) is 36.6. The van der Waals surface area contributed by atoms with Crippen molar-refractivity contribution in [3.63, 3.8) is 0 Å². The van der Waals surface area contributed by atoms with Gasteiger partial charge in [0, 0.05) is 16.8 Å². The minimum absolute atomic E-state index is 0.228. The van der Waals surface area contributed by atoms with Gasteiger partial charge in [0.25, 0.3) is 17.7 Å². The molecule has 0 spiro atoms. The summed E-state index contributed by atoms with van der Waals surface area (Å²) in [6, 6.07) is 21.1. The Bertz CT molecular complexity index is 1130. The number of anilines is 1. The van der Waals surface area contributed by atoms with Crippen molar-refractivity contribution in [2.75, 3.05) is 11.9 Å². The number of hydrogen-bond donors (Lipinski definition) is 3. The second kappa shape index (κ2) is 10.9. The van der Waals surface area contributed by atoms with E-state index in [1.807, 2.05) is 31.2 Å². The van der Waals surface area contributed by atoms with Gasteiger partial charge in [-0.1, -0.05) is 44.2 Å². The summed E-state index contributed by atoms with van der Waals surface area (Å²) in [6.45, 7) is 5.83. The van der Waals surface area contributed by atoms with E-state index in [-0.39, 0.29) is 18.4 Å². The number of carbonyl (C=O) groups excluding carboxylic acids is 3. The highest BCUT2D eigenvalue weighted by Gasteiger charge is 2.12. The first-order chi connectivity index (χ1) is 15.8. The van der Waals surface area contributed by atoms with Crippen LogP contribution in [0.4, 0.5) is 5.69 Å². The summed E-state index contributed by atoms with van der Waals surface area (Å²) >= 11 is 0. The van der Waals surface area contributed by atoms with Crippen molar-refractivity contribution in [1.82, 2.24) is 10.9 Å². The molecule has 0 aliphatic heterocycles. The Morgan fingerprint density at radius 2 is 1.48 bits per heavy atom. The maximum atomic E-state index is 12.3. The zero-order valence-corrected chi connectivity index (χ0v) is 18.8. The molecule has 3 aromatic rings. The molecule has 0 aliphatic carbocycles. The summed E-state index contributed by atoms with van der Waals surface area (Å²) < 4.78 is 5.66. The van der Waals surface area contributed by atoms with E-state index < -0.39 is 11.8 Å². The molecule has 0 atom stereocenters. The summed E-state index contributed by atoms with van der Waals surface area (Å²) in [6.07, 6.45) is 0. The molecule has 3 rings (SSSR count). The van der Waals surface area contributed by atoms with E-state index in [0.717, 1.165) is 11.1 Å². The normalized spacial score (nSPS) is 10.4. The number of benzene rings is 3. The molecular formula is C26H27N3O4. The summed E-state index contributed by atoms with van der Waals surface area (Å²) in [5, 5.41) is 2.77. The zero-order chi connectivity index (χ0) is 23.8. The standard InChI is InChI=1S/C26H27N3O4/c1-17(2)22-14-9-18(3)15-23(22)33-16-24(30)28-29-26(32)20-10-12-21(13-11-20)27-25(31)19-7-5-4-6-8-19/h4-15,17H,16H2,1-3H3,(H,27,31)(H,28,30)(H,29,32). The second-order valence-corrected chi connectivity index (χ2v) is 7.88. The van der Waals surface area contributed by atoms with E-state index >= 15 is 0 Å². The zero-order valence-electron chi connectivity index (χ0n) is 18.8. The van der Waals surface area contributed by atoms with E-state index in [4.69, 9.17) is 4.74 Å². The highest BCUT2D eigenvalue weighted by molar-refractivity contribution is 6.04. The maximum absolute atomic E-state index is 12.3. The molecule has 0 fully saturated rings. The molecule has 3 aromatic carbocycles. The number of ether oxygens (including phenoxy) is 1. The lowest BCUT2D eigenvalue weighted by molar-refractivity contribution is -0.123. The van der Waals surface area contributed by atoms with Gasteiger partial charge in [-0.15, -0.1) is 0 Å². The van der Waals surface area contributed by atoms with Crippen molar-refractivity contribution in [1.29, 1.82) is 0 Å². The smallest absolute Gasteiger partial charge is 0.276 e. The van der Waals surface area contributed by atoms with E-state index in [1.54, 1.807) is 48.5 Å². The van der Waals surface area contributed by atoms with Gasteiger partial charge in [-0.25, -0.2) is 0 Å². The molecule has 0 aromatic heterocycles. The Hall–Kier alpha value is -4.13. The molecule has 7 heteroatoms. The Morgan fingerprint density at radius 1 is 0.818 bits per heavy atom. The van der Waals surface area contributed by atoms with Crippen LogP contribution >= 0.6 is 0 Å². The molecule has 0 aliphatic rings. The van der Waals surface area contributed by atoms with E-state index in [2.05, 4.69) is 30.0 Å². The average Bonchev–Trinajstić information content (AvgIpc) is 2.82. The van der Waals surface area contributed by atoms with Gasteiger partial charge in [-0.05, 0) is 66.4 Å². The van der Waals surface area contributed by atoms with Crippen LogP contribution in [-0.4, -0.2) is 24.3 Å². The maximum Gasteiger partial charge on any atom is 0.276 e. The van der Waals surface area contributed by atoms with Crippen LogP contribution < -0.4 is 20.9 Å². The van der Waals surface area contributed by atoms with Gasteiger partial charge in [0.1, 0.15) is 5.75 Å². The molecule has 33 heavy (non-hydrogen) atoms. The van der Waals surface area contributed by atoms with E-state index in [1.165, 1.54) is 0 Å². The van der Waals surface area contributed by atoms with Gasteiger partial charge in [-0.2, -0.15) is 0 Å². The first-order valence-electron chi connectivity index (χ1n) is 10.6. The quantitative estimate of drug-likeness (QED) is 0.475. The molecule has 0 heterocycles. The number of carbonyl (C=O) groups is 3. The Labute approximate surface area is 193 Å². The fourth-order valence-electron chi connectivity index (χ4n) is 3.12. The van der Waals surface area contributed by atoms with Crippen LogP contribution in [0, 0.1) is 6.92 Å². The lowest BCUT2D eigenvalue weighted by atomic mass is 10.0. The van der Waals surface area contributed by atoms with Gasteiger partial charge >= 0.3 is 0 Å². The second-order valence-electron chi connectivity index (χ2n) is 7.88. The van der Waals surface area contributed by atoms with Gasteiger partial charge in [0.15, 0.2) is 6.61 Å². The van der Waals surface area contributed by atoms with E-state index in [0.29, 0.717) is 22.6 Å². The van der Waals surface area contributed by atoms with Crippen molar-refractivity contribution in [2.24, 2.45) is 0 Å². The number of hydrazine groups is 1. The molecule has 0 unspecified atom stereocenters. The number of rotatable bonds is 7. The predicted octanol–water partition coefficient (Wildman–Crippen LogP) is 4.21. The van der Waals surface area contributed by atoms with Crippen LogP contribution in [0.1, 0.15) is 51.6 Å². The molecule has 3 N–H and O–H groups in total. The molecular weight excluding hydrogens is 418 g/mol. The summed E-state index contributed by atoms with van der Waals surface area (Å²) in [7, 11) is 0. The van der Waals surface area contributed by atoms with Crippen LogP contribution in [0.2, 0.25) is 0 Å². The van der Waals surface area contributed by atoms with Crippen LogP contribution in [0.25, 0.3) is 0 Å². The molecule has 3 amide bonds. The van der Waals surface area contributed by atoms with Crippen molar-refractivity contribution < 1.29 is 19.1 Å². The van der Waals surface area contributed by atoms with Crippen LogP contribution in [0.3, 0.4) is 0 Å². The van der Waals surface area contributed by atoms with E-state index in [9.17, 15) is 14.4 Å². The molecule has 0 saturated heterocycles. The Kier molecular flexibility index (Phi) is 7.81. The van der Waals surface area contributed by atoms with Crippen LogP contribution in [-0.2, 0) is 4.79 Å². The van der Waals surface area contributed by atoms with Gasteiger partial charge in [0.2, 0.25) is 0 Å². The lowest BCUT2D eigenvalue weighted by Crippen LogP contribution is -2.43. The van der Waals surface area contributed by atoms with Gasteiger partial charge in [-0.3, -0.25) is 25.2 Å². The highest BCUT2D eigenvalue weighted by atomic mass is 16.5. The third-order valence-electron chi connectivity index (χ3n) is 4.91. The number of hydrogen-bond acceptors (Lipinski definition) is 4. The fraction of sp³-hybridized carbons (Fsp3) is 0.192. The number of nitrogens with one attached hydrogen (secondary N) is 3. The van der Waals surface area contributed by atoms with Gasteiger partial charge in [0.05, 0.1) is 0 Å². The molecule has 0 saturated carbocycles. The van der Waals surface area contributed by atoms with Crippen molar-refractivity contribution in [3.05, 3.63) is 95.1 Å². The highest BCUT2D eigenvalue weighted by Crippen LogP contribution is 2.27. The van der Waals surface area contributed by atoms with Crippen LogP contribution in [0.5, 0.6) is 5.75 Å². The Morgan fingerprint density at radius 3 is 2.15 bits per heavy atom. The molecule has 0 radical (unpaired) electrons. The monoisotopic (exact) mass is 445 g/mol. The Balaban J connectivity index is 1.49. The largest absolute Gasteiger partial charge is 0.483 e. The third-order valence-corrected chi connectivity index (χ3v) is 4.91. The fourth-order valence-corrected chi connectivity index (χ4v) is 3.12. The number of amides is 3. The SMILES string of the molecule is Cc1ccc(C(C)C)c(OCC(=O)NNC(=O)c2ccc(NC(=O)c3ccccc3)cc2)c1. The minimum Gasteiger partial charge on any atom is -0.483 e. The molecule has 170 valence electrons. The minimum atomic E-state index is -0.484. The van der Waals surface area contributed by atoms with Crippen molar-refractivity contribution >= 4 is 23.4 Å². The first-order valence-corrected chi connectivity index (χ1v) is 10.6. The third kappa shape index (κ3) is 6.67. The molecule has 7 nitrogen and oxygen atoms in total. The summed E-state index contributed by atoms with van der Waals surface area (Å²) in [5.74, 6) is -0.299. The van der Waals surface area contributed by atoms with Crippen LogP contribution in [0.15, 0.2) is 72.8 Å². The predicted molar refractivity (Wildman–Crippen MR) is 127 cm³/mol. The topological polar surface area (TPSA) is 96.5 Å².